The number of unbranched alkanes of at least 4 members (excludes halogenated alkanes) is 15. The Morgan fingerprint density at radius 2 is 1.35 bits per heavy atom. The molecule has 0 N–H and O–H groups in total. The SMILES string of the molecule is CCCCCCCCCCCCCCOC[C@H]1CO[C@H](COCCCCCCC[n+]2ccsc2)C1.Cc1ccc(S(=O)(=O)[O-])cc1. The summed E-state index contributed by atoms with van der Waals surface area (Å²) in [5.74, 6) is 0.557. The lowest BCUT2D eigenvalue weighted by atomic mass is 10.1. The van der Waals surface area contributed by atoms with E-state index in [2.05, 4.69) is 28.6 Å². The molecule has 0 aliphatic carbocycles. The quantitative estimate of drug-likeness (QED) is 0.0559. The van der Waals surface area contributed by atoms with Crippen LogP contribution in [0.4, 0.5) is 0 Å². The third-order valence-corrected chi connectivity index (χ3v) is 10.0. The summed E-state index contributed by atoms with van der Waals surface area (Å²) in [5.41, 5.74) is 3.12. The van der Waals surface area contributed by atoms with Crippen molar-refractivity contribution in [3.05, 3.63) is 46.9 Å². The van der Waals surface area contributed by atoms with Crippen molar-refractivity contribution in [2.75, 3.05) is 33.0 Å². The molecule has 9 heteroatoms. The largest absolute Gasteiger partial charge is 0.744 e. The molecule has 2 aromatic rings. The van der Waals surface area contributed by atoms with Crippen LogP contribution in [-0.2, 0) is 30.9 Å². The maximum atomic E-state index is 10.4. The third-order valence-electron chi connectivity index (χ3n) is 8.51. The van der Waals surface area contributed by atoms with Gasteiger partial charge in [-0.2, -0.15) is 4.57 Å². The van der Waals surface area contributed by atoms with Crippen LogP contribution >= 0.6 is 11.3 Å². The fourth-order valence-corrected chi connectivity index (χ4v) is 6.74. The van der Waals surface area contributed by atoms with Crippen molar-refractivity contribution >= 4 is 21.5 Å². The molecule has 0 saturated carbocycles. The van der Waals surface area contributed by atoms with Gasteiger partial charge in [0, 0.05) is 25.6 Å². The number of rotatable bonds is 26. The minimum atomic E-state index is -4.27. The van der Waals surface area contributed by atoms with Gasteiger partial charge >= 0.3 is 0 Å². The van der Waals surface area contributed by atoms with Gasteiger partial charge < -0.3 is 18.8 Å². The zero-order valence-corrected chi connectivity index (χ0v) is 30.5. The van der Waals surface area contributed by atoms with E-state index in [0.717, 1.165) is 51.6 Å². The molecule has 1 aliphatic rings. The van der Waals surface area contributed by atoms with Crippen LogP contribution in [0.2, 0.25) is 0 Å². The van der Waals surface area contributed by atoms with Gasteiger partial charge in [-0.3, -0.25) is 0 Å². The van der Waals surface area contributed by atoms with Crippen LogP contribution in [-0.4, -0.2) is 52.1 Å². The van der Waals surface area contributed by atoms with E-state index in [1.54, 1.807) is 23.5 Å². The highest BCUT2D eigenvalue weighted by Crippen LogP contribution is 2.21. The van der Waals surface area contributed by atoms with Gasteiger partial charge in [-0.05, 0) is 44.7 Å². The summed E-state index contributed by atoms with van der Waals surface area (Å²) in [6.45, 7) is 9.51. The van der Waals surface area contributed by atoms with Crippen LogP contribution in [0.25, 0.3) is 0 Å². The van der Waals surface area contributed by atoms with E-state index in [-0.39, 0.29) is 11.0 Å². The monoisotopic (exact) mass is 681 g/mol. The van der Waals surface area contributed by atoms with Crippen LogP contribution in [0.5, 0.6) is 0 Å². The van der Waals surface area contributed by atoms with Crippen molar-refractivity contribution in [2.45, 2.75) is 147 Å². The molecule has 0 amide bonds. The van der Waals surface area contributed by atoms with Crippen LogP contribution in [0.15, 0.2) is 46.2 Å². The van der Waals surface area contributed by atoms with E-state index < -0.39 is 10.1 Å². The molecule has 3 rings (SSSR count). The van der Waals surface area contributed by atoms with Crippen molar-refractivity contribution in [3.63, 3.8) is 0 Å². The second-order valence-electron chi connectivity index (χ2n) is 12.9. The highest BCUT2D eigenvalue weighted by atomic mass is 32.2. The van der Waals surface area contributed by atoms with Crippen LogP contribution in [0.1, 0.15) is 128 Å². The average molecular weight is 682 g/mol. The number of thiazole rings is 1. The van der Waals surface area contributed by atoms with E-state index in [9.17, 15) is 13.0 Å². The summed E-state index contributed by atoms with van der Waals surface area (Å²) in [7, 11) is -4.27. The van der Waals surface area contributed by atoms with E-state index in [4.69, 9.17) is 14.2 Å². The summed E-state index contributed by atoms with van der Waals surface area (Å²) >= 11 is 1.77. The molecule has 264 valence electrons. The Hall–Kier alpha value is -1.36. The average Bonchev–Trinajstić information content (AvgIpc) is 3.73. The Kier molecular flexibility index (Phi) is 23.6. The minimum Gasteiger partial charge on any atom is -0.744 e. The second kappa shape index (κ2) is 26.6. The first-order valence-electron chi connectivity index (χ1n) is 18.1. The Morgan fingerprint density at radius 1 is 0.804 bits per heavy atom. The molecule has 1 aliphatic heterocycles. The van der Waals surface area contributed by atoms with Gasteiger partial charge in [-0.1, -0.05) is 119 Å². The van der Waals surface area contributed by atoms with Gasteiger partial charge in [-0.15, -0.1) is 0 Å². The predicted octanol–water partition coefficient (Wildman–Crippen LogP) is 9.02. The standard InChI is InChI=1S/C30H56NO3S.C7H8O3S/c1-2-3-4-5-6-7-8-9-10-11-14-17-21-32-25-29-24-30(34-26-29)27-33-22-18-15-12-13-16-19-31-20-23-35-28-31;1-6-2-4-7(5-3-6)11(8,9)10/h20,23,28-30H,2-19,21-22,24-27H2,1H3;2-5H,1H3,(H,8,9,10)/q+1;/p-1/t29-,30-;/m0./s1. The lowest BCUT2D eigenvalue weighted by Crippen LogP contribution is -2.29. The number of aromatic nitrogens is 1. The molecule has 0 radical (unpaired) electrons. The topological polar surface area (TPSA) is 88.8 Å². The second-order valence-corrected chi connectivity index (χ2v) is 15.0. The lowest BCUT2D eigenvalue weighted by molar-refractivity contribution is -0.692. The minimum absolute atomic E-state index is 0.178. The summed E-state index contributed by atoms with van der Waals surface area (Å²) < 4.78 is 51.2. The van der Waals surface area contributed by atoms with Gasteiger partial charge in [0.05, 0.1) is 36.2 Å². The van der Waals surface area contributed by atoms with Crippen molar-refractivity contribution < 1.29 is 31.7 Å². The third kappa shape index (κ3) is 21.5. The normalized spacial score (nSPS) is 16.4. The van der Waals surface area contributed by atoms with E-state index in [0.29, 0.717) is 5.92 Å². The number of hydrogen-bond acceptors (Lipinski definition) is 7. The number of ether oxygens (including phenoxy) is 3. The molecule has 1 aromatic carbocycles. The Balaban J connectivity index is 0.000000562. The van der Waals surface area contributed by atoms with E-state index in [1.165, 1.54) is 121 Å². The molecule has 1 fully saturated rings. The highest BCUT2D eigenvalue weighted by molar-refractivity contribution is 7.85. The zero-order valence-electron chi connectivity index (χ0n) is 28.9. The summed E-state index contributed by atoms with van der Waals surface area (Å²) in [4.78, 5) is -0.178. The predicted molar refractivity (Wildman–Crippen MR) is 187 cm³/mol. The smallest absolute Gasteiger partial charge is 0.224 e. The first-order chi connectivity index (χ1) is 22.4. The van der Waals surface area contributed by atoms with E-state index in [1.807, 2.05) is 6.92 Å². The first-order valence-corrected chi connectivity index (χ1v) is 20.4. The maximum Gasteiger partial charge on any atom is 0.224 e. The van der Waals surface area contributed by atoms with Gasteiger partial charge in [-0.25, -0.2) is 8.42 Å². The van der Waals surface area contributed by atoms with E-state index >= 15 is 0 Å². The highest BCUT2D eigenvalue weighted by Gasteiger charge is 2.25. The molecule has 0 spiro atoms. The van der Waals surface area contributed by atoms with Crippen LogP contribution in [0.3, 0.4) is 0 Å². The fraction of sp³-hybridized carbons (Fsp3) is 0.757. The van der Waals surface area contributed by atoms with Gasteiger partial charge in [0.1, 0.15) is 16.7 Å². The molecule has 1 saturated heterocycles. The zero-order chi connectivity index (χ0) is 33.1. The number of nitrogens with zero attached hydrogens (tertiary/aromatic N) is 1. The summed E-state index contributed by atoms with van der Waals surface area (Å²) in [6, 6.07) is 5.78. The molecular formula is C37H63NO6S2. The molecule has 7 nitrogen and oxygen atoms in total. The first kappa shape index (κ1) is 40.8. The Bertz CT molecular complexity index is 1060. The van der Waals surface area contributed by atoms with Crippen LogP contribution in [0, 0.1) is 12.8 Å². The molecule has 1 aromatic heterocycles. The molecule has 46 heavy (non-hydrogen) atoms. The fourth-order valence-electron chi connectivity index (χ4n) is 5.64. The van der Waals surface area contributed by atoms with Crippen molar-refractivity contribution in [1.82, 2.24) is 0 Å². The Morgan fingerprint density at radius 3 is 1.89 bits per heavy atom. The lowest BCUT2D eigenvalue weighted by Gasteiger charge is -2.11. The molecule has 2 atom stereocenters. The van der Waals surface area contributed by atoms with Crippen molar-refractivity contribution in [2.24, 2.45) is 5.92 Å². The maximum absolute atomic E-state index is 10.4. The van der Waals surface area contributed by atoms with Gasteiger partial charge in [0.2, 0.25) is 5.51 Å². The molecule has 0 unspecified atom stereocenters. The summed E-state index contributed by atoms with van der Waals surface area (Å²) in [6.07, 6.45) is 26.6. The van der Waals surface area contributed by atoms with Crippen LogP contribution < -0.4 is 4.57 Å². The summed E-state index contributed by atoms with van der Waals surface area (Å²) in [5, 5.41) is 2.14. The number of hydrogen-bond donors (Lipinski definition) is 0. The molecular weight excluding hydrogens is 619 g/mol. The van der Waals surface area contributed by atoms with Gasteiger partial charge in [0.25, 0.3) is 0 Å². The number of aryl methyl sites for hydroxylation is 2. The van der Waals surface area contributed by atoms with Crippen molar-refractivity contribution in [1.29, 1.82) is 0 Å². The molecule has 2 heterocycles. The number of benzene rings is 1. The van der Waals surface area contributed by atoms with Gasteiger partial charge in [0.15, 0.2) is 6.20 Å². The van der Waals surface area contributed by atoms with Crippen molar-refractivity contribution in [3.8, 4) is 0 Å². The Labute approximate surface area is 285 Å². The molecule has 0 bridgehead atoms.